The van der Waals surface area contributed by atoms with Crippen LogP contribution in [0.15, 0.2) is 56.3 Å². The average molecular weight is 376 g/mol. The van der Waals surface area contributed by atoms with Gasteiger partial charge in [-0.2, -0.15) is 0 Å². The van der Waals surface area contributed by atoms with Gasteiger partial charge < -0.3 is 9.40 Å². The molecule has 0 radical (unpaired) electrons. The van der Waals surface area contributed by atoms with E-state index in [2.05, 4.69) is 20.9 Å². The molecule has 110 valence electrons. The van der Waals surface area contributed by atoms with E-state index < -0.39 is 0 Å². The third kappa shape index (κ3) is 3.18. The number of aromatic nitrogens is 1. The Hall–Kier alpha value is -2.18. The number of Topliss-reactive ketones (excluding diaryl/α,β-unsaturated/α-hetero) is 1. The molecule has 0 amide bonds. The van der Waals surface area contributed by atoms with E-state index in [1.54, 1.807) is 18.2 Å². The number of aromatic amines is 1. The fourth-order valence-corrected chi connectivity index (χ4v) is 3.14. The summed E-state index contributed by atoms with van der Waals surface area (Å²) in [7, 11) is 0. The molecule has 6 heteroatoms. The van der Waals surface area contributed by atoms with Crippen molar-refractivity contribution in [1.82, 2.24) is 4.98 Å². The van der Waals surface area contributed by atoms with Gasteiger partial charge >= 0.3 is 0 Å². The van der Waals surface area contributed by atoms with E-state index in [1.165, 1.54) is 23.7 Å². The number of ketones is 1. The molecule has 0 spiro atoms. The molecule has 4 nitrogen and oxygen atoms in total. The maximum Gasteiger partial charge on any atom is 0.266 e. The van der Waals surface area contributed by atoms with Crippen LogP contribution >= 0.6 is 27.3 Å². The molecule has 0 aliphatic heterocycles. The van der Waals surface area contributed by atoms with Crippen molar-refractivity contribution in [2.24, 2.45) is 0 Å². The predicted molar refractivity (Wildman–Crippen MR) is 89.4 cm³/mol. The van der Waals surface area contributed by atoms with Crippen LogP contribution in [0.25, 0.3) is 12.2 Å². The van der Waals surface area contributed by atoms with Crippen LogP contribution in [0.3, 0.4) is 0 Å². The Morgan fingerprint density at radius 2 is 2.05 bits per heavy atom. The molecule has 1 N–H and O–H groups in total. The quantitative estimate of drug-likeness (QED) is 0.714. The topological polar surface area (TPSA) is 63.1 Å². The van der Waals surface area contributed by atoms with E-state index in [4.69, 9.17) is 4.42 Å². The summed E-state index contributed by atoms with van der Waals surface area (Å²) in [5, 5.41) is 0. The van der Waals surface area contributed by atoms with Crippen LogP contribution < -0.4 is 14.8 Å². The van der Waals surface area contributed by atoms with Crippen molar-refractivity contribution in [3.63, 3.8) is 0 Å². The second kappa shape index (κ2) is 6.29. The fraction of sp³-hybridized carbons (Fsp3) is 0. The average Bonchev–Trinajstić information content (AvgIpc) is 3.12. The summed E-state index contributed by atoms with van der Waals surface area (Å²) >= 11 is 4.66. The van der Waals surface area contributed by atoms with Gasteiger partial charge in [0.15, 0.2) is 5.76 Å². The van der Waals surface area contributed by atoms with Crippen LogP contribution in [-0.4, -0.2) is 10.8 Å². The lowest BCUT2D eigenvalue weighted by Gasteiger charge is -1.94. The third-order valence-corrected chi connectivity index (χ3v) is 4.58. The highest BCUT2D eigenvalue weighted by atomic mass is 79.9. The highest BCUT2D eigenvalue weighted by Gasteiger charge is 2.05. The molecule has 0 saturated heterocycles. The first kappa shape index (κ1) is 14.7. The largest absolute Gasteiger partial charge is 0.461 e. The zero-order chi connectivity index (χ0) is 15.5. The molecule has 3 rings (SSSR count). The second-order valence-electron chi connectivity index (χ2n) is 4.44. The number of furan rings is 1. The number of benzene rings is 1. The highest BCUT2D eigenvalue weighted by Crippen LogP contribution is 2.15. The van der Waals surface area contributed by atoms with Crippen molar-refractivity contribution < 1.29 is 9.21 Å². The number of carbonyl (C=O) groups excluding carboxylic acids is 1. The molecule has 2 aromatic heterocycles. The number of hydrogen-bond acceptors (Lipinski definition) is 4. The monoisotopic (exact) mass is 375 g/mol. The molecule has 0 aliphatic carbocycles. The van der Waals surface area contributed by atoms with Crippen molar-refractivity contribution in [3.8, 4) is 0 Å². The lowest BCUT2D eigenvalue weighted by atomic mass is 10.2. The zero-order valence-electron chi connectivity index (χ0n) is 11.2. The molecule has 22 heavy (non-hydrogen) atoms. The Balaban J connectivity index is 2.04. The molecule has 1 aromatic carbocycles. The van der Waals surface area contributed by atoms with E-state index in [-0.39, 0.29) is 17.1 Å². The van der Waals surface area contributed by atoms with Crippen molar-refractivity contribution in [3.05, 3.63) is 78.0 Å². The number of hydrogen-bond donors (Lipinski definition) is 1. The minimum Gasteiger partial charge on any atom is -0.461 e. The molecular weight excluding hydrogens is 366 g/mol. The first-order valence-corrected chi connectivity index (χ1v) is 7.99. The SMILES string of the molecule is O=C(/C=c1/[nH]c(=O)/c(=C/c2ccccc2Br)s1)c1ccco1. The number of nitrogens with one attached hydrogen (secondary N) is 1. The van der Waals surface area contributed by atoms with Crippen LogP contribution in [0.5, 0.6) is 0 Å². The van der Waals surface area contributed by atoms with Gasteiger partial charge in [0.1, 0.15) is 0 Å². The molecular formula is C16H10BrNO3S. The van der Waals surface area contributed by atoms with E-state index >= 15 is 0 Å². The first-order chi connectivity index (χ1) is 10.6. The van der Waals surface area contributed by atoms with Gasteiger partial charge in [0, 0.05) is 10.5 Å². The van der Waals surface area contributed by atoms with E-state index in [1.807, 2.05) is 24.3 Å². The summed E-state index contributed by atoms with van der Waals surface area (Å²) in [4.78, 5) is 26.6. The van der Waals surface area contributed by atoms with Gasteiger partial charge in [0.2, 0.25) is 5.78 Å². The fourth-order valence-electron chi connectivity index (χ4n) is 1.87. The maximum atomic E-state index is 12.0. The lowest BCUT2D eigenvalue weighted by molar-refractivity contribution is 0.103. The van der Waals surface area contributed by atoms with Crippen LogP contribution in [-0.2, 0) is 0 Å². The minimum atomic E-state index is -0.282. The summed E-state index contributed by atoms with van der Waals surface area (Å²) in [6.07, 6.45) is 4.58. The Morgan fingerprint density at radius 3 is 2.77 bits per heavy atom. The third-order valence-electron chi connectivity index (χ3n) is 2.90. The van der Waals surface area contributed by atoms with Gasteiger partial charge in [0.25, 0.3) is 5.56 Å². The smallest absolute Gasteiger partial charge is 0.266 e. The summed E-state index contributed by atoms with van der Waals surface area (Å²) in [6, 6.07) is 10.8. The summed E-state index contributed by atoms with van der Waals surface area (Å²) in [5.74, 6) is -0.0412. The number of thiazole rings is 1. The summed E-state index contributed by atoms with van der Waals surface area (Å²) < 4.78 is 6.96. The molecule has 3 aromatic rings. The van der Waals surface area contributed by atoms with Gasteiger partial charge in [-0.15, -0.1) is 11.3 Å². The molecule has 0 bridgehead atoms. The van der Waals surface area contributed by atoms with Gasteiger partial charge in [0.05, 0.1) is 15.5 Å². The molecule has 0 atom stereocenters. The summed E-state index contributed by atoms with van der Waals surface area (Å²) in [6.45, 7) is 0. The molecule has 0 fully saturated rings. The number of rotatable bonds is 3. The number of halogens is 1. The van der Waals surface area contributed by atoms with Crippen molar-refractivity contribution >= 4 is 45.2 Å². The zero-order valence-corrected chi connectivity index (χ0v) is 13.6. The van der Waals surface area contributed by atoms with Gasteiger partial charge in [-0.05, 0) is 29.8 Å². The molecule has 0 aliphatic rings. The summed E-state index contributed by atoms with van der Waals surface area (Å²) in [5.41, 5.74) is 0.679. The van der Waals surface area contributed by atoms with Crippen LogP contribution in [0, 0.1) is 0 Å². The molecule has 2 heterocycles. The Bertz CT molecular complexity index is 983. The Morgan fingerprint density at radius 1 is 1.23 bits per heavy atom. The maximum absolute atomic E-state index is 12.0. The normalized spacial score (nSPS) is 12.8. The van der Waals surface area contributed by atoms with E-state index in [0.717, 1.165) is 10.0 Å². The highest BCUT2D eigenvalue weighted by molar-refractivity contribution is 9.10. The Labute approximate surface area is 137 Å². The first-order valence-electron chi connectivity index (χ1n) is 6.38. The number of carbonyl (C=O) groups is 1. The number of H-pyrrole nitrogens is 1. The van der Waals surface area contributed by atoms with Gasteiger partial charge in [-0.1, -0.05) is 34.1 Å². The standard InChI is InChI=1S/C16H10BrNO3S/c17-11-5-2-1-4-10(11)8-14-16(20)18-15(22-14)9-12(19)13-6-3-7-21-13/h1-9H,(H,18,20)/b14-8-,15-9-. The van der Waals surface area contributed by atoms with E-state index in [9.17, 15) is 9.59 Å². The molecule has 0 unspecified atom stereocenters. The van der Waals surface area contributed by atoms with Crippen LogP contribution in [0.4, 0.5) is 0 Å². The Kier molecular flexibility index (Phi) is 4.22. The second-order valence-corrected chi connectivity index (χ2v) is 6.37. The van der Waals surface area contributed by atoms with E-state index in [0.29, 0.717) is 9.20 Å². The van der Waals surface area contributed by atoms with Crippen molar-refractivity contribution in [1.29, 1.82) is 0 Å². The van der Waals surface area contributed by atoms with Gasteiger partial charge in [-0.25, -0.2) is 0 Å². The molecule has 0 saturated carbocycles. The van der Waals surface area contributed by atoms with Crippen molar-refractivity contribution in [2.45, 2.75) is 0 Å². The van der Waals surface area contributed by atoms with Crippen LogP contribution in [0.2, 0.25) is 0 Å². The van der Waals surface area contributed by atoms with Crippen molar-refractivity contribution in [2.75, 3.05) is 0 Å². The van der Waals surface area contributed by atoms with Gasteiger partial charge in [-0.3, -0.25) is 9.59 Å². The lowest BCUT2D eigenvalue weighted by Crippen LogP contribution is -2.20. The predicted octanol–water partition coefficient (Wildman–Crippen LogP) is 2.28. The minimum absolute atomic E-state index is 0.223. The van der Waals surface area contributed by atoms with Crippen LogP contribution in [0.1, 0.15) is 16.1 Å².